The van der Waals surface area contributed by atoms with Crippen molar-refractivity contribution in [1.82, 2.24) is 5.32 Å². The van der Waals surface area contributed by atoms with Crippen molar-refractivity contribution < 1.29 is 14.6 Å². The second-order valence-electron chi connectivity index (χ2n) is 4.34. The number of carbonyl (C=O) groups is 1. The third kappa shape index (κ3) is 5.75. The fraction of sp³-hybridized carbons (Fsp3) is 0.400. The molecule has 0 saturated heterocycles. The summed E-state index contributed by atoms with van der Waals surface area (Å²) in [5, 5.41) is 14.4. The zero-order valence-corrected chi connectivity index (χ0v) is 11.8. The second-order valence-corrected chi connectivity index (χ2v) is 4.34. The molecule has 1 atom stereocenters. The monoisotopic (exact) mass is 278 g/mol. The highest BCUT2D eigenvalue weighted by Gasteiger charge is 2.09. The lowest BCUT2D eigenvalue weighted by atomic mass is 10.2. The highest BCUT2D eigenvalue weighted by molar-refractivity contribution is 5.89. The van der Waals surface area contributed by atoms with Gasteiger partial charge < -0.3 is 20.5 Å². The molecule has 0 aliphatic carbocycles. The van der Waals surface area contributed by atoms with E-state index in [9.17, 15) is 4.79 Å². The molecule has 110 valence electrons. The molecule has 0 saturated carbocycles. The fourth-order valence-corrected chi connectivity index (χ4v) is 1.71. The minimum absolute atomic E-state index is 0.0276. The summed E-state index contributed by atoms with van der Waals surface area (Å²) in [7, 11) is 0. The van der Waals surface area contributed by atoms with Crippen LogP contribution in [0.2, 0.25) is 0 Å². The van der Waals surface area contributed by atoms with Crippen molar-refractivity contribution in [3.63, 3.8) is 0 Å². The standard InChI is InChI=1S/C15H22N2O3/c1-3-10-20-14-7-5-6-13(11-14)17-15(19)16-12(4-2)8-9-18/h3,5-7,11-12,18H,1,4,8-10H2,2H3,(H2,16,17,19). The van der Waals surface area contributed by atoms with Crippen molar-refractivity contribution in [1.29, 1.82) is 0 Å². The summed E-state index contributed by atoms with van der Waals surface area (Å²) in [6.45, 7) is 6.02. The van der Waals surface area contributed by atoms with Gasteiger partial charge in [-0.05, 0) is 25.0 Å². The number of ether oxygens (including phenoxy) is 1. The Labute approximate surface area is 119 Å². The molecule has 0 spiro atoms. The molecule has 0 aromatic heterocycles. The molecule has 2 amide bonds. The molecule has 1 aromatic rings. The van der Waals surface area contributed by atoms with Gasteiger partial charge in [0, 0.05) is 24.4 Å². The molecule has 1 rings (SSSR count). The van der Waals surface area contributed by atoms with Gasteiger partial charge in [0.05, 0.1) is 0 Å². The molecule has 3 N–H and O–H groups in total. The topological polar surface area (TPSA) is 70.6 Å². The van der Waals surface area contributed by atoms with Crippen LogP contribution in [0.15, 0.2) is 36.9 Å². The predicted molar refractivity (Wildman–Crippen MR) is 80.1 cm³/mol. The zero-order chi connectivity index (χ0) is 14.8. The summed E-state index contributed by atoms with van der Waals surface area (Å²) in [4.78, 5) is 11.8. The van der Waals surface area contributed by atoms with E-state index in [1.54, 1.807) is 24.3 Å². The molecular formula is C15H22N2O3. The third-order valence-corrected chi connectivity index (χ3v) is 2.77. The van der Waals surface area contributed by atoms with Crippen molar-refractivity contribution in [3.8, 4) is 5.75 Å². The lowest BCUT2D eigenvalue weighted by molar-refractivity contribution is 0.237. The fourth-order valence-electron chi connectivity index (χ4n) is 1.71. The van der Waals surface area contributed by atoms with Crippen molar-refractivity contribution in [2.24, 2.45) is 0 Å². The Balaban J connectivity index is 2.54. The van der Waals surface area contributed by atoms with Crippen molar-refractivity contribution in [3.05, 3.63) is 36.9 Å². The van der Waals surface area contributed by atoms with Crippen LogP contribution >= 0.6 is 0 Å². The van der Waals surface area contributed by atoms with Gasteiger partial charge in [-0.3, -0.25) is 0 Å². The minimum atomic E-state index is -0.286. The molecule has 0 bridgehead atoms. The van der Waals surface area contributed by atoms with Gasteiger partial charge in [0.1, 0.15) is 12.4 Å². The summed E-state index contributed by atoms with van der Waals surface area (Å²) >= 11 is 0. The van der Waals surface area contributed by atoms with Gasteiger partial charge in [0.15, 0.2) is 0 Å². The minimum Gasteiger partial charge on any atom is -0.489 e. The van der Waals surface area contributed by atoms with E-state index in [2.05, 4.69) is 17.2 Å². The lowest BCUT2D eigenvalue weighted by Gasteiger charge is -2.16. The van der Waals surface area contributed by atoms with E-state index in [0.717, 1.165) is 6.42 Å². The summed E-state index contributed by atoms with van der Waals surface area (Å²) in [5.41, 5.74) is 0.655. The van der Waals surface area contributed by atoms with Crippen LogP contribution in [0.3, 0.4) is 0 Å². The summed E-state index contributed by atoms with van der Waals surface area (Å²) in [5.74, 6) is 0.671. The number of anilines is 1. The number of aliphatic hydroxyl groups excluding tert-OH is 1. The Morgan fingerprint density at radius 1 is 1.55 bits per heavy atom. The lowest BCUT2D eigenvalue weighted by Crippen LogP contribution is -2.38. The van der Waals surface area contributed by atoms with Gasteiger partial charge in [-0.2, -0.15) is 0 Å². The molecular weight excluding hydrogens is 256 g/mol. The van der Waals surface area contributed by atoms with Gasteiger partial charge in [-0.25, -0.2) is 4.79 Å². The van der Waals surface area contributed by atoms with Crippen LogP contribution < -0.4 is 15.4 Å². The smallest absolute Gasteiger partial charge is 0.319 e. The highest BCUT2D eigenvalue weighted by atomic mass is 16.5. The number of hydrogen-bond donors (Lipinski definition) is 3. The van der Waals surface area contributed by atoms with Crippen LogP contribution in [0.25, 0.3) is 0 Å². The average Bonchev–Trinajstić information content (AvgIpc) is 2.45. The van der Waals surface area contributed by atoms with Crippen LogP contribution in [0.4, 0.5) is 10.5 Å². The maximum absolute atomic E-state index is 11.8. The van der Waals surface area contributed by atoms with Crippen LogP contribution in [0, 0.1) is 0 Å². The normalized spacial score (nSPS) is 11.5. The molecule has 20 heavy (non-hydrogen) atoms. The largest absolute Gasteiger partial charge is 0.489 e. The Morgan fingerprint density at radius 3 is 3.00 bits per heavy atom. The number of rotatable bonds is 8. The van der Waals surface area contributed by atoms with Crippen molar-refractivity contribution in [2.45, 2.75) is 25.8 Å². The van der Waals surface area contributed by atoms with Gasteiger partial charge >= 0.3 is 6.03 Å². The number of carbonyl (C=O) groups excluding carboxylic acids is 1. The van der Waals surface area contributed by atoms with Gasteiger partial charge in [0.2, 0.25) is 0 Å². The first-order valence-corrected chi connectivity index (χ1v) is 6.71. The first-order valence-electron chi connectivity index (χ1n) is 6.71. The summed E-state index contributed by atoms with van der Waals surface area (Å²) in [6, 6.07) is 6.83. The van der Waals surface area contributed by atoms with Gasteiger partial charge in [-0.15, -0.1) is 0 Å². The summed E-state index contributed by atoms with van der Waals surface area (Å²) < 4.78 is 5.40. The third-order valence-electron chi connectivity index (χ3n) is 2.77. The van der Waals surface area contributed by atoms with E-state index < -0.39 is 0 Å². The number of amides is 2. The molecule has 0 heterocycles. The number of hydrogen-bond acceptors (Lipinski definition) is 3. The molecule has 1 unspecified atom stereocenters. The molecule has 1 aromatic carbocycles. The van der Waals surface area contributed by atoms with Crippen LogP contribution in [-0.4, -0.2) is 30.4 Å². The molecule has 0 radical (unpaired) electrons. The maximum Gasteiger partial charge on any atom is 0.319 e. The van der Waals surface area contributed by atoms with E-state index in [1.165, 1.54) is 0 Å². The van der Waals surface area contributed by atoms with Crippen molar-refractivity contribution in [2.75, 3.05) is 18.5 Å². The Kier molecular flexibility index (Phi) is 7.21. The van der Waals surface area contributed by atoms with E-state index in [1.807, 2.05) is 13.0 Å². The second kappa shape index (κ2) is 8.98. The van der Waals surface area contributed by atoms with E-state index in [0.29, 0.717) is 24.5 Å². The SMILES string of the molecule is C=CCOc1cccc(NC(=O)NC(CC)CCO)c1. The van der Waals surface area contributed by atoms with E-state index >= 15 is 0 Å². The summed E-state index contributed by atoms with van der Waals surface area (Å²) in [6.07, 6.45) is 2.98. The number of urea groups is 1. The average molecular weight is 278 g/mol. The Hall–Kier alpha value is -2.01. The number of benzene rings is 1. The van der Waals surface area contributed by atoms with Crippen LogP contribution in [0.5, 0.6) is 5.75 Å². The first-order chi connectivity index (χ1) is 9.69. The van der Waals surface area contributed by atoms with Crippen LogP contribution in [0.1, 0.15) is 19.8 Å². The van der Waals surface area contributed by atoms with Gasteiger partial charge in [-0.1, -0.05) is 25.6 Å². The van der Waals surface area contributed by atoms with Gasteiger partial charge in [0.25, 0.3) is 0 Å². The van der Waals surface area contributed by atoms with E-state index in [4.69, 9.17) is 9.84 Å². The zero-order valence-electron chi connectivity index (χ0n) is 11.8. The maximum atomic E-state index is 11.8. The molecule has 5 heteroatoms. The van der Waals surface area contributed by atoms with Crippen LogP contribution in [-0.2, 0) is 0 Å². The molecule has 0 aliphatic rings. The molecule has 5 nitrogen and oxygen atoms in total. The number of aliphatic hydroxyl groups is 1. The number of nitrogens with one attached hydrogen (secondary N) is 2. The molecule has 0 fully saturated rings. The van der Waals surface area contributed by atoms with Crippen molar-refractivity contribution >= 4 is 11.7 Å². The first kappa shape index (κ1) is 16.0. The van der Waals surface area contributed by atoms with E-state index in [-0.39, 0.29) is 18.7 Å². The quantitative estimate of drug-likeness (QED) is 0.640. The molecule has 0 aliphatic heterocycles. The Morgan fingerprint density at radius 2 is 2.35 bits per heavy atom. The highest BCUT2D eigenvalue weighted by Crippen LogP contribution is 2.17. The Bertz CT molecular complexity index is 435. The predicted octanol–water partition coefficient (Wildman–Crippen LogP) is 2.53.